The second-order valence-electron chi connectivity index (χ2n) is 9.23. The SMILES string of the molecule is COc1cnc(C(F)F)cc1C1=C(C(=O)Nc2nnc(C#CC3CC3)s2)C(C)NC(n2ccc(C(N)=O)cc2=O)=C1. The third kappa shape index (κ3) is 5.99. The summed E-state index contributed by atoms with van der Waals surface area (Å²) in [6.07, 6.45) is 3.17. The largest absolute Gasteiger partial charge is 0.494 e. The first kappa shape index (κ1) is 27.7. The molecule has 0 bridgehead atoms. The molecule has 14 heteroatoms. The summed E-state index contributed by atoms with van der Waals surface area (Å²) in [5.41, 5.74) is 4.71. The number of nitrogens with two attached hydrogens (primary N) is 1. The van der Waals surface area contributed by atoms with Crippen molar-refractivity contribution in [3.8, 4) is 17.6 Å². The summed E-state index contributed by atoms with van der Waals surface area (Å²) in [6.45, 7) is 1.67. The maximum absolute atomic E-state index is 13.7. The van der Waals surface area contributed by atoms with Crippen molar-refractivity contribution < 1.29 is 23.1 Å². The molecule has 11 nitrogen and oxygen atoms in total. The maximum Gasteiger partial charge on any atom is 0.280 e. The van der Waals surface area contributed by atoms with E-state index in [9.17, 15) is 23.2 Å². The molecule has 0 saturated heterocycles. The van der Waals surface area contributed by atoms with Crippen molar-refractivity contribution in [1.29, 1.82) is 0 Å². The topological polar surface area (TPSA) is 154 Å². The van der Waals surface area contributed by atoms with Crippen LogP contribution in [0.15, 0.2) is 47.0 Å². The van der Waals surface area contributed by atoms with Crippen LogP contribution in [0, 0.1) is 17.8 Å². The summed E-state index contributed by atoms with van der Waals surface area (Å²) < 4.78 is 33.9. The van der Waals surface area contributed by atoms with Crippen LogP contribution in [0.3, 0.4) is 0 Å². The van der Waals surface area contributed by atoms with E-state index in [0.717, 1.165) is 42.5 Å². The number of carbonyl (C=O) groups excluding carboxylic acids is 2. The number of primary amides is 1. The summed E-state index contributed by atoms with van der Waals surface area (Å²) in [5, 5.41) is 14.5. The lowest BCUT2D eigenvalue weighted by Gasteiger charge is -2.28. The smallest absolute Gasteiger partial charge is 0.280 e. The Labute approximate surface area is 236 Å². The average molecular weight is 580 g/mol. The molecular weight excluding hydrogens is 556 g/mol. The van der Waals surface area contributed by atoms with E-state index in [2.05, 4.69) is 37.7 Å². The molecule has 3 aromatic rings. The van der Waals surface area contributed by atoms with Crippen molar-refractivity contribution >= 4 is 39.7 Å². The Morgan fingerprint density at radius 3 is 2.73 bits per heavy atom. The van der Waals surface area contributed by atoms with E-state index < -0.39 is 35.5 Å². The third-order valence-corrected chi connectivity index (χ3v) is 7.06. The highest BCUT2D eigenvalue weighted by molar-refractivity contribution is 7.15. The number of nitrogens with one attached hydrogen (secondary N) is 2. The first-order valence-electron chi connectivity index (χ1n) is 12.4. The van der Waals surface area contributed by atoms with Crippen molar-refractivity contribution in [1.82, 2.24) is 25.1 Å². The van der Waals surface area contributed by atoms with Gasteiger partial charge in [-0.3, -0.25) is 29.3 Å². The molecule has 1 aliphatic carbocycles. The van der Waals surface area contributed by atoms with Crippen LogP contribution < -0.4 is 26.7 Å². The molecule has 1 aliphatic heterocycles. The van der Waals surface area contributed by atoms with E-state index >= 15 is 0 Å². The molecular formula is C27H23F2N7O4S. The van der Waals surface area contributed by atoms with Crippen molar-refractivity contribution in [2.45, 2.75) is 32.2 Å². The van der Waals surface area contributed by atoms with Gasteiger partial charge in [-0.05, 0) is 49.5 Å². The predicted octanol–water partition coefficient (Wildman–Crippen LogP) is 2.78. The van der Waals surface area contributed by atoms with Crippen LogP contribution >= 0.6 is 11.3 Å². The lowest BCUT2D eigenvalue weighted by molar-refractivity contribution is -0.113. The summed E-state index contributed by atoms with van der Waals surface area (Å²) in [5.74, 6) is 5.40. The van der Waals surface area contributed by atoms with Crippen LogP contribution in [0.25, 0.3) is 11.4 Å². The quantitative estimate of drug-likeness (QED) is 0.361. The first-order valence-corrected chi connectivity index (χ1v) is 13.2. The van der Waals surface area contributed by atoms with Crippen LogP contribution in [-0.2, 0) is 4.79 Å². The first-order chi connectivity index (χ1) is 19.6. The number of alkyl halides is 2. The highest BCUT2D eigenvalue weighted by atomic mass is 32.1. The van der Waals surface area contributed by atoms with Crippen molar-refractivity contribution in [3.63, 3.8) is 0 Å². The molecule has 1 unspecified atom stereocenters. The number of hydrogen-bond acceptors (Lipinski definition) is 9. The Morgan fingerprint density at radius 2 is 2.07 bits per heavy atom. The van der Waals surface area contributed by atoms with Gasteiger partial charge in [0, 0.05) is 34.9 Å². The number of rotatable bonds is 7. The van der Waals surface area contributed by atoms with Crippen molar-refractivity contribution in [3.05, 3.63) is 74.4 Å². The number of ether oxygens (including phenoxy) is 1. The zero-order chi connectivity index (χ0) is 29.3. The van der Waals surface area contributed by atoms with E-state index in [4.69, 9.17) is 10.5 Å². The number of nitrogens with zero attached hydrogens (tertiary/aromatic N) is 4. The van der Waals surface area contributed by atoms with Gasteiger partial charge >= 0.3 is 0 Å². The molecule has 3 aromatic heterocycles. The Kier molecular flexibility index (Phi) is 7.62. The van der Waals surface area contributed by atoms with E-state index in [1.807, 2.05) is 0 Å². The van der Waals surface area contributed by atoms with Crippen LogP contribution in [0.2, 0.25) is 0 Å². The summed E-state index contributed by atoms with van der Waals surface area (Å²) >= 11 is 1.11. The number of allylic oxidation sites excluding steroid dienone is 2. The number of pyridine rings is 2. The molecule has 0 radical (unpaired) electrons. The predicted molar refractivity (Wildman–Crippen MR) is 147 cm³/mol. The molecule has 210 valence electrons. The van der Waals surface area contributed by atoms with Gasteiger partial charge in [-0.2, -0.15) is 0 Å². The third-order valence-electron chi connectivity index (χ3n) is 6.31. The molecule has 0 aromatic carbocycles. The molecule has 2 aliphatic rings. The van der Waals surface area contributed by atoms with Crippen LogP contribution in [0.5, 0.6) is 5.75 Å². The number of halogens is 2. The van der Waals surface area contributed by atoms with Crippen LogP contribution in [0.1, 0.15) is 52.8 Å². The fourth-order valence-electron chi connectivity index (χ4n) is 4.13. The number of carbonyl (C=O) groups is 2. The Balaban J connectivity index is 1.61. The van der Waals surface area contributed by atoms with E-state index in [0.29, 0.717) is 10.9 Å². The highest BCUT2D eigenvalue weighted by Crippen LogP contribution is 2.36. The number of hydrogen-bond donors (Lipinski definition) is 3. The Bertz CT molecular complexity index is 1730. The zero-order valence-electron chi connectivity index (χ0n) is 21.8. The minimum atomic E-state index is -2.89. The Morgan fingerprint density at radius 1 is 1.29 bits per heavy atom. The van der Waals surface area contributed by atoms with Gasteiger partial charge in [-0.25, -0.2) is 8.78 Å². The normalized spacial score (nSPS) is 16.4. The number of dihydropyridines is 1. The molecule has 5 rings (SSSR count). The van der Waals surface area contributed by atoms with Gasteiger partial charge in [-0.15, -0.1) is 10.2 Å². The van der Waals surface area contributed by atoms with Crippen LogP contribution in [0.4, 0.5) is 13.9 Å². The molecule has 4 N–H and O–H groups in total. The molecule has 0 spiro atoms. The molecule has 4 heterocycles. The van der Waals surface area contributed by atoms with Gasteiger partial charge in [0.25, 0.3) is 17.9 Å². The second-order valence-corrected chi connectivity index (χ2v) is 10.2. The van der Waals surface area contributed by atoms with Gasteiger partial charge in [0.15, 0.2) is 5.01 Å². The Hall–Kier alpha value is -4.90. The summed E-state index contributed by atoms with van der Waals surface area (Å²) in [7, 11) is 1.34. The van der Waals surface area contributed by atoms with Gasteiger partial charge in [0.2, 0.25) is 11.0 Å². The second kappa shape index (κ2) is 11.3. The number of amides is 2. The van der Waals surface area contributed by atoms with E-state index in [1.165, 1.54) is 30.0 Å². The van der Waals surface area contributed by atoms with E-state index in [1.54, 1.807) is 6.92 Å². The number of aromatic nitrogens is 4. The highest BCUT2D eigenvalue weighted by Gasteiger charge is 2.30. The molecule has 1 saturated carbocycles. The van der Waals surface area contributed by atoms with Gasteiger partial charge in [0.1, 0.15) is 17.3 Å². The lowest BCUT2D eigenvalue weighted by atomic mass is 9.91. The van der Waals surface area contributed by atoms with Gasteiger partial charge in [0.05, 0.1) is 19.3 Å². The fraction of sp³-hybridized carbons (Fsp3) is 0.259. The van der Waals surface area contributed by atoms with Gasteiger partial charge in [-0.1, -0.05) is 17.3 Å². The molecule has 41 heavy (non-hydrogen) atoms. The molecule has 1 fully saturated rings. The molecule has 2 amide bonds. The van der Waals surface area contributed by atoms with Gasteiger partial charge < -0.3 is 15.8 Å². The van der Waals surface area contributed by atoms with Crippen molar-refractivity contribution in [2.75, 3.05) is 12.4 Å². The summed E-state index contributed by atoms with van der Waals surface area (Å²) in [4.78, 5) is 41.7. The monoisotopic (exact) mass is 579 g/mol. The maximum atomic E-state index is 13.7. The lowest BCUT2D eigenvalue weighted by Crippen LogP contribution is -2.39. The minimum Gasteiger partial charge on any atom is -0.494 e. The number of methoxy groups -OCH3 is 1. The molecule has 1 atom stereocenters. The zero-order valence-corrected chi connectivity index (χ0v) is 22.6. The van der Waals surface area contributed by atoms with Crippen molar-refractivity contribution in [2.24, 2.45) is 11.7 Å². The minimum absolute atomic E-state index is 0.0159. The van der Waals surface area contributed by atoms with E-state index in [-0.39, 0.29) is 39.0 Å². The summed E-state index contributed by atoms with van der Waals surface area (Å²) in [6, 6.07) is 2.84. The standard InChI is InChI=1S/C27H23F2N7O4S/c1-13-23(26(39)33-27-35-34-21(41-27)6-5-14-3-4-14)17(16-10-18(24(28)29)31-12-19(16)40-2)11-20(32-13)36-8-7-15(25(30)38)9-22(36)37/h7-14,24,32H,3-4H2,1-2H3,(H2,30,38)(H,33,35,39). The van der Waals surface area contributed by atoms with Crippen LogP contribution in [-0.4, -0.2) is 44.7 Å². The average Bonchev–Trinajstić information content (AvgIpc) is 3.67. The fourth-order valence-corrected chi connectivity index (χ4v) is 4.73. The number of anilines is 1.